The summed E-state index contributed by atoms with van der Waals surface area (Å²) in [5.74, 6) is 0.518. The molecule has 1 N–H and O–H groups in total. The zero-order valence-corrected chi connectivity index (χ0v) is 14.2. The molecule has 2 aromatic rings. The lowest BCUT2D eigenvalue weighted by Gasteiger charge is -2.49. The van der Waals surface area contributed by atoms with Gasteiger partial charge >= 0.3 is 0 Å². The molecule has 3 aliphatic rings. The van der Waals surface area contributed by atoms with E-state index in [1.165, 1.54) is 12.8 Å². The fourth-order valence-corrected chi connectivity index (χ4v) is 4.49. The Bertz CT molecular complexity index is 735. The predicted molar refractivity (Wildman–Crippen MR) is 90.8 cm³/mol. The van der Waals surface area contributed by atoms with Crippen LogP contribution in [0, 0.1) is 5.92 Å². The molecule has 5 rings (SSSR count). The molecule has 0 aliphatic carbocycles. The Morgan fingerprint density at radius 2 is 2.22 bits per heavy atom. The molecule has 122 valence electrons. The summed E-state index contributed by atoms with van der Waals surface area (Å²) < 4.78 is 5.46. The van der Waals surface area contributed by atoms with E-state index in [-0.39, 0.29) is 11.9 Å². The van der Waals surface area contributed by atoms with Gasteiger partial charge in [0.15, 0.2) is 5.58 Å². The first kappa shape index (κ1) is 15.0. The molecule has 0 aromatic carbocycles. The summed E-state index contributed by atoms with van der Waals surface area (Å²) in [6.07, 6.45) is 7.72. The van der Waals surface area contributed by atoms with E-state index in [0.29, 0.717) is 17.7 Å². The lowest BCUT2D eigenvalue weighted by atomic mass is 9.79. The van der Waals surface area contributed by atoms with E-state index in [4.69, 9.17) is 4.42 Å². The number of carbonyl (C=O) groups excluding carboxylic acids is 1. The van der Waals surface area contributed by atoms with Gasteiger partial charge in [0.1, 0.15) is 12.0 Å². The van der Waals surface area contributed by atoms with Crippen LogP contribution in [0.25, 0.3) is 11.0 Å². The third kappa shape index (κ3) is 2.54. The molecule has 0 spiro atoms. The zero-order valence-electron chi connectivity index (χ0n) is 13.4. The normalized spacial score (nSPS) is 29.8. The second-order valence-corrected chi connectivity index (χ2v) is 7.33. The fourth-order valence-electron chi connectivity index (χ4n) is 3.96. The van der Waals surface area contributed by atoms with Gasteiger partial charge < -0.3 is 9.73 Å². The highest BCUT2D eigenvalue weighted by Crippen LogP contribution is 2.32. The first-order chi connectivity index (χ1) is 11.2. The maximum Gasteiger partial charge on any atom is 0.270 e. The van der Waals surface area contributed by atoms with Gasteiger partial charge in [-0.3, -0.25) is 9.69 Å². The molecule has 5 nitrogen and oxygen atoms in total. The largest absolute Gasteiger partial charge is 0.462 e. The van der Waals surface area contributed by atoms with E-state index in [0.717, 1.165) is 29.0 Å². The standard InChI is InChI=1S/C17H21N3O2S/c1-10-16(11-3-5-20(10)6-4-11)19-17(21)13-7-12-14(8-18-13)22-9-15(12)23-2/h7-11,16H,3-6H2,1-2H3,(H,19,21)/t10-,16-/m0/s1. The third-order valence-electron chi connectivity index (χ3n) is 5.35. The quantitative estimate of drug-likeness (QED) is 0.877. The first-order valence-corrected chi connectivity index (χ1v) is 9.36. The van der Waals surface area contributed by atoms with E-state index in [9.17, 15) is 4.79 Å². The molecule has 3 fully saturated rings. The number of rotatable bonds is 3. The van der Waals surface area contributed by atoms with Gasteiger partial charge in [0.25, 0.3) is 5.91 Å². The Balaban J connectivity index is 1.57. The summed E-state index contributed by atoms with van der Waals surface area (Å²) in [5, 5.41) is 4.19. The van der Waals surface area contributed by atoms with Gasteiger partial charge in [-0.15, -0.1) is 11.8 Å². The average Bonchev–Trinajstić information content (AvgIpc) is 3.00. The SMILES string of the molecule is CSc1coc2cnc(C(=O)N[C@@H]3C4CCN(CC4)[C@H]3C)cc12. The summed E-state index contributed by atoms with van der Waals surface area (Å²) in [4.78, 5) is 20.5. The fraction of sp³-hybridized carbons (Fsp3) is 0.529. The van der Waals surface area contributed by atoms with Crippen molar-refractivity contribution in [3.05, 3.63) is 24.2 Å². The van der Waals surface area contributed by atoms with E-state index < -0.39 is 0 Å². The van der Waals surface area contributed by atoms with Crippen LogP contribution in [-0.4, -0.2) is 47.2 Å². The monoisotopic (exact) mass is 331 g/mol. The average molecular weight is 331 g/mol. The second-order valence-electron chi connectivity index (χ2n) is 6.48. The Labute approximate surface area is 139 Å². The van der Waals surface area contributed by atoms with Crippen LogP contribution >= 0.6 is 11.8 Å². The number of piperidine rings is 3. The van der Waals surface area contributed by atoms with Crippen LogP contribution in [-0.2, 0) is 0 Å². The summed E-state index contributed by atoms with van der Waals surface area (Å²) >= 11 is 1.61. The van der Waals surface area contributed by atoms with E-state index in [1.54, 1.807) is 24.2 Å². The van der Waals surface area contributed by atoms with Crippen molar-refractivity contribution in [1.82, 2.24) is 15.2 Å². The number of hydrogen-bond acceptors (Lipinski definition) is 5. The number of amides is 1. The van der Waals surface area contributed by atoms with E-state index >= 15 is 0 Å². The van der Waals surface area contributed by atoms with Crippen molar-refractivity contribution in [1.29, 1.82) is 0 Å². The molecule has 1 amide bonds. The molecular weight excluding hydrogens is 310 g/mol. The van der Waals surface area contributed by atoms with Gasteiger partial charge in [-0.1, -0.05) is 0 Å². The highest BCUT2D eigenvalue weighted by molar-refractivity contribution is 7.98. The Morgan fingerprint density at radius 1 is 1.43 bits per heavy atom. The Hall–Kier alpha value is -1.53. The van der Waals surface area contributed by atoms with Gasteiger partial charge in [-0.2, -0.15) is 0 Å². The molecule has 23 heavy (non-hydrogen) atoms. The minimum atomic E-state index is -0.0780. The molecule has 2 bridgehead atoms. The van der Waals surface area contributed by atoms with E-state index in [2.05, 4.69) is 22.1 Å². The number of nitrogens with one attached hydrogen (secondary N) is 1. The number of carbonyl (C=O) groups is 1. The molecule has 6 heteroatoms. The van der Waals surface area contributed by atoms with Crippen molar-refractivity contribution >= 4 is 28.6 Å². The number of thioether (sulfide) groups is 1. The van der Waals surface area contributed by atoms with Crippen molar-refractivity contribution in [2.24, 2.45) is 5.92 Å². The number of hydrogen-bond donors (Lipinski definition) is 1. The highest BCUT2D eigenvalue weighted by atomic mass is 32.2. The smallest absolute Gasteiger partial charge is 0.270 e. The van der Waals surface area contributed by atoms with Crippen LogP contribution in [0.4, 0.5) is 0 Å². The number of fused-ring (bicyclic) bond motifs is 4. The Kier molecular flexibility index (Phi) is 3.81. The number of aromatic nitrogens is 1. The third-order valence-corrected chi connectivity index (χ3v) is 6.11. The molecule has 0 saturated carbocycles. The predicted octanol–water partition coefficient (Wildman–Crippen LogP) is 2.76. The van der Waals surface area contributed by atoms with Crippen LogP contribution in [0.2, 0.25) is 0 Å². The van der Waals surface area contributed by atoms with Crippen LogP contribution in [0.15, 0.2) is 27.8 Å². The maximum absolute atomic E-state index is 12.7. The minimum Gasteiger partial charge on any atom is -0.462 e. The summed E-state index contributed by atoms with van der Waals surface area (Å²) in [5.41, 5.74) is 1.19. The molecule has 0 unspecified atom stereocenters. The van der Waals surface area contributed by atoms with Gasteiger partial charge in [0, 0.05) is 17.5 Å². The second kappa shape index (κ2) is 5.83. The molecule has 3 saturated heterocycles. The van der Waals surface area contributed by atoms with Gasteiger partial charge in [-0.25, -0.2) is 4.98 Å². The Morgan fingerprint density at radius 3 is 2.91 bits per heavy atom. The zero-order chi connectivity index (χ0) is 16.0. The molecule has 2 atom stereocenters. The first-order valence-electron chi connectivity index (χ1n) is 8.13. The maximum atomic E-state index is 12.7. The van der Waals surface area contributed by atoms with Crippen LogP contribution in [0.1, 0.15) is 30.3 Å². The van der Waals surface area contributed by atoms with E-state index in [1.807, 2.05) is 12.3 Å². The summed E-state index contributed by atoms with van der Waals surface area (Å²) in [7, 11) is 0. The summed E-state index contributed by atoms with van der Waals surface area (Å²) in [6.45, 7) is 4.54. The van der Waals surface area contributed by atoms with Gasteiger partial charge in [0.05, 0.1) is 11.1 Å². The van der Waals surface area contributed by atoms with Gasteiger partial charge in [-0.05, 0) is 51.1 Å². The van der Waals surface area contributed by atoms with Crippen molar-refractivity contribution < 1.29 is 9.21 Å². The lowest BCUT2D eigenvalue weighted by molar-refractivity contribution is 0.0216. The summed E-state index contributed by atoms with van der Waals surface area (Å²) in [6, 6.07) is 2.48. The molecule has 5 heterocycles. The van der Waals surface area contributed by atoms with Crippen molar-refractivity contribution in [2.75, 3.05) is 19.3 Å². The molecule has 0 radical (unpaired) electrons. The highest BCUT2D eigenvalue weighted by Gasteiger charge is 2.40. The van der Waals surface area contributed by atoms with Crippen LogP contribution in [0.3, 0.4) is 0 Å². The topological polar surface area (TPSA) is 58.4 Å². The molecule has 2 aromatic heterocycles. The van der Waals surface area contributed by atoms with Crippen molar-refractivity contribution in [3.8, 4) is 0 Å². The minimum absolute atomic E-state index is 0.0780. The van der Waals surface area contributed by atoms with Crippen molar-refractivity contribution in [2.45, 2.75) is 36.7 Å². The van der Waals surface area contributed by atoms with Crippen LogP contribution < -0.4 is 5.32 Å². The number of furan rings is 1. The van der Waals surface area contributed by atoms with Crippen LogP contribution in [0.5, 0.6) is 0 Å². The van der Waals surface area contributed by atoms with Gasteiger partial charge in [0.2, 0.25) is 0 Å². The van der Waals surface area contributed by atoms with Crippen molar-refractivity contribution in [3.63, 3.8) is 0 Å². The molecular formula is C17H21N3O2S. The lowest BCUT2D eigenvalue weighted by Crippen LogP contribution is -2.62. The number of nitrogens with zero attached hydrogens (tertiary/aromatic N) is 2. The number of pyridine rings is 1. The molecule has 3 aliphatic heterocycles.